The molecule has 1 heterocycles. The Balaban J connectivity index is 1.88. The highest BCUT2D eigenvalue weighted by atomic mass is 16.5. The molecule has 0 amide bonds. The number of aromatic hydroxyl groups is 1. The third-order valence-electron chi connectivity index (χ3n) is 3.89. The van der Waals surface area contributed by atoms with Gasteiger partial charge in [0.2, 0.25) is 0 Å². The van der Waals surface area contributed by atoms with Gasteiger partial charge in [0.05, 0.1) is 7.11 Å². The third-order valence-corrected chi connectivity index (χ3v) is 3.89. The lowest BCUT2D eigenvalue weighted by Gasteiger charge is -2.32. The summed E-state index contributed by atoms with van der Waals surface area (Å²) >= 11 is 0. The quantitative estimate of drug-likeness (QED) is 0.851. The fraction of sp³-hybridized carbons (Fsp3) is 0.600. The van der Waals surface area contributed by atoms with Gasteiger partial charge in [0.15, 0.2) is 0 Å². The van der Waals surface area contributed by atoms with E-state index in [2.05, 4.69) is 10.2 Å². The average Bonchev–Trinajstić information content (AvgIpc) is 2.43. The van der Waals surface area contributed by atoms with E-state index in [0.29, 0.717) is 11.5 Å². The first kappa shape index (κ1) is 14.2. The van der Waals surface area contributed by atoms with E-state index in [4.69, 9.17) is 4.74 Å². The van der Waals surface area contributed by atoms with Crippen molar-refractivity contribution in [2.45, 2.75) is 19.4 Å². The van der Waals surface area contributed by atoms with Crippen molar-refractivity contribution in [2.75, 3.05) is 33.8 Å². The molecule has 4 heteroatoms. The van der Waals surface area contributed by atoms with Crippen molar-refractivity contribution >= 4 is 0 Å². The maximum absolute atomic E-state index is 9.97. The molecule has 0 bridgehead atoms. The number of methoxy groups -OCH3 is 1. The highest BCUT2D eigenvalue weighted by Crippen LogP contribution is 2.26. The Morgan fingerprint density at radius 2 is 2.11 bits per heavy atom. The summed E-state index contributed by atoms with van der Waals surface area (Å²) in [6.45, 7) is 4.15. The number of ether oxygens (including phenoxy) is 1. The van der Waals surface area contributed by atoms with Crippen LogP contribution in [0.3, 0.4) is 0 Å². The molecule has 0 aliphatic carbocycles. The summed E-state index contributed by atoms with van der Waals surface area (Å²) in [5.74, 6) is 1.83. The van der Waals surface area contributed by atoms with Gasteiger partial charge in [-0.15, -0.1) is 0 Å². The minimum atomic E-state index is 0.330. The molecule has 0 radical (unpaired) electrons. The maximum Gasteiger partial charge on any atom is 0.123 e. The van der Waals surface area contributed by atoms with Crippen molar-refractivity contribution in [3.63, 3.8) is 0 Å². The molecule has 1 aromatic carbocycles. The van der Waals surface area contributed by atoms with Gasteiger partial charge in [-0.1, -0.05) is 6.07 Å². The van der Waals surface area contributed by atoms with Gasteiger partial charge in [-0.05, 0) is 51.5 Å². The Morgan fingerprint density at radius 1 is 1.37 bits per heavy atom. The smallest absolute Gasteiger partial charge is 0.123 e. The van der Waals surface area contributed by atoms with Crippen LogP contribution in [-0.4, -0.2) is 43.8 Å². The van der Waals surface area contributed by atoms with E-state index in [-0.39, 0.29) is 0 Å². The van der Waals surface area contributed by atoms with Gasteiger partial charge in [0.25, 0.3) is 0 Å². The van der Waals surface area contributed by atoms with Gasteiger partial charge >= 0.3 is 0 Å². The van der Waals surface area contributed by atoms with Gasteiger partial charge in [-0.2, -0.15) is 0 Å². The standard InChI is InChI=1S/C15H24N2O2/c1-16-10-12-5-7-17(8-6-12)11-13-3-4-14(19-2)9-15(13)18/h3-4,9,12,16,18H,5-8,10-11H2,1-2H3. The average molecular weight is 264 g/mol. The van der Waals surface area contributed by atoms with E-state index in [0.717, 1.165) is 37.7 Å². The van der Waals surface area contributed by atoms with E-state index >= 15 is 0 Å². The number of phenols is 1. The molecular weight excluding hydrogens is 240 g/mol. The number of hydrogen-bond acceptors (Lipinski definition) is 4. The summed E-state index contributed by atoms with van der Waals surface area (Å²) in [5.41, 5.74) is 0.980. The number of likely N-dealkylation sites (tertiary alicyclic amines) is 1. The molecule has 0 spiro atoms. The van der Waals surface area contributed by atoms with E-state index in [1.807, 2.05) is 19.2 Å². The topological polar surface area (TPSA) is 44.7 Å². The normalized spacial score (nSPS) is 17.6. The molecule has 1 saturated heterocycles. The van der Waals surface area contributed by atoms with Crippen molar-refractivity contribution in [2.24, 2.45) is 5.92 Å². The predicted octanol–water partition coefficient (Wildman–Crippen LogP) is 1.83. The van der Waals surface area contributed by atoms with E-state index in [1.54, 1.807) is 13.2 Å². The van der Waals surface area contributed by atoms with Crippen molar-refractivity contribution in [1.29, 1.82) is 0 Å². The summed E-state index contributed by atoms with van der Waals surface area (Å²) in [6, 6.07) is 5.54. The minimum absolute atomic E-state index is 0.330. The van der Waals surface area contributed by atoms with Crippen LogP contribution in [0.4, 0.5) is 0 Å². The maximum atomic E-state index is 9.97. The Morgan fingerprint density at radius 3 is 2.68 bits per heavy atom. The Hall–Kier alpha value is -1.26. The number of nitrogens with one attached hydrogen (secondary N) is 1. The monoisotopic (exact) mass is 264 g/mol. The van der Waals surface area contributed by atoms with Crippen molar-refractivity contribution < 1.29 is 9.84 Å². The van der Waals surface area contributed by atoms with Crippen LogP contribution >= 0.6 is 0 Å². The summed E-state index contributed by atoms with van der Waals surface area (Å²) in [7, 11) is 3.63. The second-order valence-electron chi connectivity index (χ2n) is 5.27. The molecular formula is C15H24N2O2. The lowest BCUT2D eigenvalue weighted by Crippen LogP contribution is -2.36. The second kappa shape index (κ2) is 6.78. The Labute approximate surface area is 115 Å². The first-order valence-corrected chi connectivity index (χ1v) is 6.95. The van der Waals surface area contributed by atoms with Crippen LogP contribution in [0, 0.1) is 5.92 Å². The molecule has 2 N–H and O–H groups in total. The summed E-state index contributed by atoms with van der Waals surface area (Å²) in [5, 5.41) is 13.2. The molecule has 1 aliphatic rings. The number of hydrogen-bond donors (Lipinski definition) is 2. The summed E-state index contributed by atoms with van der Waals surface area (Å²) in [4.78, 5) is 2.41. The molecule has 0 unspecified atom stereocenters. The number of phenolic OH excluding ortho intramolecular Hbond substituents is 1. The zero-order valence-corrected chi connectivity index (χ0v) is 11.9. The van der Waals surface area contributed by atoms with Crippen LogP contribution < -0.4 is 10.1 Å². The molecule has 106 valence electrons. The van der Waals surface area contributed by atoms with Crippen LogP contribution in [0.25, 0.3) is 0 Å². The van der Waals surface area contributed by atoms with E-state index in [1.165, 1.54) is 12.8 Å². The zero-order chi connectivity index (χ0) is 13.7. The largest absolute Gasteiger partial charge is 0.507 e. The summed E-state index contributed by atoms with van der Waals surface area (Å²) in [6.07, 6.45) is 2.47. The Bertz CT molecular complexity index is 401. The highest BCUT2D eigenvalue weighted by Gasteiger charge is 2.19. The van der Waals surface area contributed by atoms with Crippen LogP contribution in [-0.2, 0) is 6.54 Å². The number of benzene rings is 1. The SMILES string of the molecule is CNCC1CCN(Cc2ccc(OC)cc2O)CC1. The molecule has 1 aromatic rings. The van der Waals surface area contributed by atoms with Crippen molar-refractivity contribution in [3.05, 3.63) is 23.8 Å². The molecule has 1 fully saturated rings. The van der Waals surface area contributed by atoms with Gasteiger partial charge < -0.3 is 15.2 Å². The van der Waals surface area contributed by atoms with Gasteiger partial charge in [0, 0.05) is 18.2 Å². The molecule has 0 atom stereocenters. The lowest BCUT2D eigenvalue weighted by molar-refractivity contribution is 0.175. The van der Waals surface area contributed by atoms with Crippen molar-refractivity contribution in [1.82, 2.24) is 10.2 Å². The molecule has 0 aromatic heterocycles. The van der Waals surface area contributed by atoms with E-state index in [9.17, 15) is 5.11 Å². The number of nitrogens with zero attached hydrogens (tertiary/aromatic N) is 1. The molecule has 4 nitrogen and oxygen atoms in total. The second-order valence-corrected chi connectivity index (χ2v) is 5.27. The van der Waals surface area contributed by atoms with Crippen LogP contribution in [0.15, 0.2) is 18.2 Å². The molecule has 19 heavy (non-hydrogen) atoms. The fourth-order valence-corrected chi connectivity index (χ4v) is 2.68. The first-order valence-electron chi connectivity index (χ1n) is 6.95. The van der Waals surface area contributed by atoms with Crippen molar-refractivity contribution in [3.8, 4) is 11.5 Å². The van der Waals surface area contributed by atoms with Gasteiger partial charge in [0.1, 0.15) is 11.5 Å². The Kier molecular flexibility index (Phi) is 5.05. The number of rotatable bonds is 5. The van der Waals surface area contributed by atoms with Crippen LogP contribution in [0.1, 0.15) is 18.4 Å². The van der Waals surface area contributed by atoms with E-state index < -0.39 is 0 Å². The van der Waals surface area contributed by atoms with Crippen LogP contribution in [0.5, 0.6) is 11.5 Å². The van der Waals surface area contributed by atoms with Gasteiger partial charge in [-0.25, -0.2) is 0 Å². The number of piperidine rings is 1. The van der Waals surface area contributed by atoms with Crippen LogP contribution in [0.2, 0.25) is 0 Å². The zero-order valence-electron chi connectivity index (χ0n) is 11.9. The minimum Gasteiger partial charge on any atom is -0.507 e. The lowest BCUT2D eigenvalue weighted by atomic mass is 9.96. The highest BCUT2D eigenvalue weighted by molar-refractivity contribution is 5.39. The molecule has 1 aliphatic heterocycles. The molecule has 0 saturated carbocycles. The predicted molar refractivity (Wildman–Crippen MR) is 76.6 cm³/mol. The third kappa shape index (κ3) is 3.85. The fourth-order valence-electron chi connectivity index (χ4n) is 2.68. The van der Waals surface area contributed by atoms with Gasteiger partial charge in [-0.3, -0.25) is 4.90 Å². The molecule has 2 rings (SSSR count). The summed E-state index contributed by atoms with van der Waals surface area (Å²) < 4.78 is 5.10. The first-order chi connectivity index (χ1) is 9.22.